The molecule has 0 bridgehead atoms. The van der Waals surface area contributed by atoms with Crippen LogP contribution in [0.2, 0.25) is 0 Å². The molecule has 3 heteroatoms. The largest absolute Gasteiger partial charge is 0.381 e. The van der Waals surface area contributed by atoms with Gasteiger partial charge in [0.2, 0.25) is 0 Å². The van der Waals surface area contributed by atoms with E-state index < -0.39 is 0 Å². The smallest absolute Gasteiger partial charge is 0.250 e. The third kappa shape index (κ3) is 4.63. The maximum absolute atomic E-state index is 11.4. The molecule has 1 heterocycles. The molecular formula is C14H24N2O. The first-order chi connectivity index (χ1) is 8.02. The second-order valence-electron chi connectivity index (χ2n) is 5.06. The predicted octanol–water partition coefficient (Wildman–Crippen LogP) is 3.10. The molecule has 0 amide bonds. The Kier molecular flexibility index (Phi) is 5.26. The fourth-order valence-electron chi connectivity index (χ4n) is 1.80. The van der Waals surface area contributed by atoms with Gasteiger partial charge < -0.3 is 9.88 Å². The molecule has 0 aliphatic heterocycles. The number of aryl methyl sites for hydroxylation is 1. The maximum atomic E-state index is 11.4. The van der Waals surface area contributed by atoms with Crippen molar-refractivity contribution in [1.82, 2.24) is 4.57 Å². The van der Waals surface area contributed by atoms with E-state index in [2.05, 4.69) is 26.1 Å². The number of nitrogens with one attached hydrogen (secondary N) is 1. The van der Waals surface area contributed by atoms with Crippen LogP contribution >= 0.6 is 0 Å². The molecule has 1 atom stereocenters. The number of anilines is 1. The second-order valence-corrected chi connectivity index (χ2v) is 5.06. The Morgan fingerprint density at radius 3 is 2.53 bits per heavy atom. The number of aromatic nitrogens is 1. The van der Waals surface area contributed by atoms with E-state index in [1.54, 1.807) is 10.6 Å². The summed E-state index contributed by atoms with van der Waals surface area (Å²) in [5.74, 6) is 0.740. The van der Waals surface area contributed by atoms with Crippen molar-refractivity contribution in [3.05, 3.63) is 28.7 Å². The molecular weight excluding hydrogens is 212 g/mol. The molecule has 0 saturated carbocycles. The number of hydrogen-bond acceptors (Lipinski definition) is 2. The summed E-state index contributed by atoms with van der Waals surface area (Å²) < 4.78 is 1.72. The van der Waals surface area contributed by atoms with Crippen molar-refractivity contribution in [2.24, 2.45) is 5.92 Å². The molecule has 1 aromatic rings. The molecule has 0 aliphatic carbocycles. The van der Waals surface area contributed by atoms with Gasteiger partial charge in [0.05, 0.1) is 5.69 Å². The lowest BCUT2D eigenvalue weighted by atomic mass is 10.0. The normalized spacial score (nSPS) is 12.8. The maximum Gasteiger partial charge on any atom is 0.250 e. The molecule has 1 unspecified atom stereocenters. The van der Waals surface area contributed by atoms with Gasteiger partial charge in [0.25, 0.3) is 5.56 Å². The molecule has 0 spiro atoms. The van der Waals surface area contributed by atoms with E-state index in [4.69, 9.17) is 0 Å². The molecule has 0 fully saturated rings. The first-order valence-corrected chi connectivity index (χ1v) is 6.50. The van der Waals surface area contributed by atoms with Gasteiger partial charge in [0.1, 0.15) is 0 Å². The summed E-state index contributed by atoms with van der Waals surface area (Å²) in [5, 5.41) is 3.44. The van der Waals surface area contributed by atoms with Crippen molar-refractivity contribution in [2.75, 3.05) is 5.32 Å². The minimum atomic E-state index is 0.0629. The molecule has 0 saturated heterocycles. The zero-order valence-corrected chi connectivity index (χ0v) is 11.4. The summed E-state index contributed by atoms with van der Waals surface area (Å²) in [7, 11) is 0. The van der Waals surface area contributed by atoms with E-state index in [9.17, 15) is 4.79 Å². The average molecular weight is 236 g/mol. The Labute approximate surface area is 104 Å². The van der Waals surface area contributed by atoms with Crippen LogP contribution in [0.25, 0.3) is 0 Å². The lowest BCUT2D eigenvalue weighted by molar-refractivity contribution is 0.527. The highest BCUT2D eigenvalue weighted by Gasteiger charge is 2.04. The minimum Gasteiger partial charge on any atom is -0.381 e. The van der Waals surface area contributed by atoms with Crippen molar-refractivity contribution in [3.8, 4) is 0 Å². The van der Waals surface area contributed by atoms with Gasteiger partial charge >= 0.3 is 0 Å². The first-order valence-electron chi connectivity index (χ1n) is 6.50. The highest BCUT2D eigenvalue weighted by atomic mass is 16.1. The summed E-state index contributed by atoms with van der Waals surface area (Å²) in [6.45, 7) is 9.36. The van der Waals surface area contributed by atoms with Gasteiger partial charge in [-0.2, -0.15) is 0 Å². The fourth-order valence-corrected chi connectivity index (χ4v) is 1.80. The van der Waals surface area contributed by atoms with Crippen LogP contribution in [0, 0.1) is 5.92 Å². The predicted molar refractivity (Wildman–Crippen MR) is 73.5 cm³/mol. The van der Waals surface area contributed by atoms with Crippen molar-refractivity contribution in [3.63, 3.8) is 0 Å². The van der Waals surface area contributed by atoms with Crippen molar-refractivity contribution in [1.29, 1.82) is 0 Å². The van der Waals surface area contributed by atoms with E-state index >= 15 is 0 Å². The summed E-state index contributed by atoms with van der Waals surface area (Å²) in [5.41, 5.74) is 1.09. The molecule has 1 N–H and O–H groups in total. The molecule has 0 aromatic carbocycles. The first kappa shape index (κ1) is 13.8. The summed E-state index contributed by atoms with van der Waals surface area (Å²) >= 11 is 0. The molecule has 3 nitrogen and oxygen atoms in total. The third-order valence-electron chi connectivity index (χ3n) is 2.91. The van der Waals surface area contributed by atoms with E-state index in [-0.39, 0.29) is 5.56 Å². The van der Waals surface area contributed by atoms with Gasteiger partial charge in [0.15, 0.2) is 0 Å². The van der Waals surface area contributed by atoms with Gasteiger partial charge in [-0.25, -0.2) is 0 Å². The van der Waals surface area contributed by atoms with Crippen molar-refractivity contribution >= 4 is 5.69 Å². The van der Waals surface area contributed by atoms with Crippen LogP contribution < -0.4 is 10.9 Å². The molecule has 0 radical (unpaired) electrons. The van der Waals surface area contributed by atoms with Gasteiger partial charge in [-0.05, 0) is 38.7 Å². The fraction of sp³-hybridized carbons (Fsp3) is 0.643. The van der Waals surface area contributed by atoms with Crippen LogP contribution in [-0.4, -0.2) is 10.6 Å². The SMILES string of the molecule is CCn1cc(NC(C)CCC(C)C)ccc1=O. The molecule has 0 aliphatic rings. The lowest BCUT2D eigenvalue weighted by Gasteiger charge is -2.17. The van der Waals surface area contributed by atoms with Gasteiger partial charge in [-0.1, -0.05) is 13.8 Å². The Hall–Kier alpha value is -1.25. The third-order valence-corrected chi connectivity index (χ3v) is 2.91. The van der Waals surface area contributed by atoms with Crippen LogP contribution in [0.4, 0.5) is 5.69 Å². The number of rotatable bonds is 6. The molecule has 1 aromatic heterocycles. The van der Waals surface area contributed by atoms with Crippen LogP contribution in [0.1, 0.15) is 40.5 Å². The highest BCUT2D eigenvalue weighted by Crippen LogP contribution is 2.11. The van der Waals surface area contributed by atoms with Crippen molar-refractivity contribution < 1.29 is 0 Å². The van der Waals surface area contributed by atoms with E-state index in [1.165, 1.54) is 6.42 Å². The second kappa shape index (κ2) is 6.48. The summed E-state index contributed by atoms with van der Waals surface area (Å²) in [4.78, 5) is 11.4. The number of pyridine rings is 1. The topological polar surface area (TPSA) is 34.0 Å². The van der Waals surface area contributed by atoms with Crippen LogP contribution in [0.5, 0.6) is 0 Å². The Morgan fingerprint density at radius 1 is 1.24 bits per heavy atom. The Balaban J connectivity index is 2.59. The average Bonchev–Trinajstić information content (AvgIpc) is 2.29. The Morgan fingerprint density at radius 2 is 1.94 bits per heavy atom. The number of hydrogen-bond donors (Lipinski definition) is 1. The Bertz CT molecular complexity index is 395. The standard InChI is InChI=1S/C14H24N2O/c1-5-16-10-13(8-9-14(16)17)15-12(4)7-6-11(2)3/h8-12,15H,5-7H2,1-4H3. The van der Waals surface area contributed by atoms with Crippen LogP contribution in [0.3, 0.4) is 0 Å². The zero-order chi connectivity index (χ0) is 12.8. The van der Waals surface area contributed by atoms with Gasteiger partial charge in [-0.15, -0.1) is 0 Å². The highest BCUT2D eigenvalue weighted by molar-refractivity contribution is 5.41. The van der Waals surface area contributed by atoms with E-state index in [1.807, 2.05) is 19.2 Å². The van der Waals surface area contributed by atoms with E-state index in [0.29, 0.717) is 12.6 Å². The van der Waals surface area contributed by atoms with Crippen molar-refractivity contribution in [2.45, 2.75) is 53.1 Å². The molecule has 1 rings (SSSR count). The van der Waals surface area contributed by atoms with Gasteiger partial charge in [0, 0.05) is 24.8 Å². The van der Waals surface area contributed by atoms with Crippen LogP contribution in [0.15, 0.2) is 23.1 Å². The lowest BCUT2D eigenvalue weighted by Crippen LogP contribution is -2.21. The molecule has 96 valence electrons. The monoisotopic (exact) mass is 236 g/mol. The number of nitrogens with zero attached hydrogens (tertiary/aromatic N) is 1. The van der Waals surface area contributed by atoms with E-state index in [0.717, 1.165) is 18.0 Å². The minimum absolute atomic E-state index is 0.0629. The van der Waals surface area contributed by atoms with Gasteiger partial charge in [-0.3, -0.25) is 4.79 Å². The summed E-state index contributed by atoms with van der Waals surface area (Å²) in [6.07, 6.45) is 4.28. The zero-order valence-electron chi connectivity index (χ0n) is 11.4. The van der Waals surface area contributed by atoms with Crippen LogP contribution in [-0.2, 0) is 6.54 Å². The molecule has 17 heavy (non-hydrogen) atoms. The summed E-state index contributed by atoms with van der Waals surface area (Å²) in [6, 6.07) is 3.93. The quantitative estimate of drug-likeness (QED) is 0.823.